The Morgan fingerprint density at radius 2 is 2.11 bits per heavy atom. The van der Waals surface area contributed by atoms with E-state index >= 15 is 0 Å². The summed E-state index contributed by atoms with van der Waals surface area (Å²) in [6.07, 6.45) is 0.790. The Bertz CT molecular complexity index is 363. The van der Waals surface area contributed by atoms with E-state index in [0.29, 0.717) is 5.56 Å². The van der Waals surface area contributed by atoms with Crippen molar-refractivity contribution in [2.75, 3.05) is 24.7 Å². The molecule has 0 fully saturated rings. The summed E-state index contributed by atoms with van der Waals surface area (Å²) >= 11 is 1.73. The van der Waals surface area contributed by atoms with Crippen molar-refractivity contribution in [3.05, 3.63) is 35.4 Å². The summed E-state index contributed by atoms with van der Waals surface area (Å²) in [5, 5.41) is 11.8. The molecule has 0 aliphatic carbocycles. The fraction of sp³-hybridized carbons (Fsp3) is 0.538. The summed E-state index contributed by atoms with van der Waals surface area (Å²) in [6.45, 7) is 2.76. The first-order valence-electron chi connectivity index (χ1n) is 6.02. The minimum atomic E-state index is -0.419. The summed E-state index contributed by atoms with van der Waals surface area (Å²) in [7, 11) is 0. The van der Waals surface area contributed by atoms with Gasteiger partial charge >= 0.3 is 0 Å². The first kappa shape index (κ1) is 15.4. The third-order valence-electron chi connectivity index (χ3n) is 2.57. The van der Waals surface area contributed by atoms with Crippen molar-refractivity contribution in [2.45, 2.75) is 19.4 Å². The average Bonchev–Trinajstić information content (AvgIpc) is 2.36. The number of halogens is 2. The van der Waals surface area contributed by atoms with Crippen molar-refractivity contribution in [3.8, 4) is 0 Å². The van der Waals surface area contributed by atoms with E-state index in [2.05, 4.69) is 5.32 Å². The van der Waals surface area contributed by atoms with Crippen LogP contribution in [0, 0.1) is 11.6 Å². The first-order chi connectivity index (χ1) is 8.65. The van der Waals surface area contributed by atoms with Crippen LogP contribution < -0.4 is 5.32 Å². The molecule has 5 heteroatoms. The average molecular weight is 275 g/mol. The van der Waals surface area contributed by atoms with Gasteiger partial charge in [-0.25, -0.2) is 8.78 Å². The molecule has 0 aliphatic rings. The molecule has 0 heterocycles. The normalized spacial score (nSPS) is 12.7. The molecule has 2 nitrogen and oxygen atoms in total. The molecule has 2 N–H and O–H groups in total. The van der Waals surface area contributed by atoms with Gasteiger partial charge in [-0.15, -0.1) is 0 Å². The van der Waals surface area contributed by atoms with Gasteiger partial charge in [-0.1, -0.05) is 0 Å². The van der Waals surface area contributed by atoms with Crippen LogP contribution in [0.5, 0.6) is 0 Å². The van der Waals surface area contributed by atoms with Crippen LogP contribution >= 0.6 is 11.8 Å². The lowest BCUT2D eigenvalue weighted by atomic mass is 10.1. The van der Waals surface area contributed by atoms with Gasteiger partial charge in [0.05, 0.1) is 0 Å². The number of nitrogens with one attached hydrogen (secondary N) is 1. The van der Waals surface area contributed by atoms with E-state index in [0.717, 1.165) is 36.6 Å². The summed E-state index contributed by atoms with van der Waals surface area (Å²) in [6, 6.07) is 3.29. The van der Waals surface area contributed by atoms with Crippen LogP contribution in [0.15, 0.2) is 18.2 Å². The molecule has 1 unspecified atom stereocenters. The molecule has 0 saturated heterocycles. The van der Waals surface area contributed by atoms with Crippen molar-refractivity contribution >= 4 is 11.8 Å². The Hall–Kier alpha value is -0.650. The monoisotopic (exact) mass is 275 g/mol. The highest BCUT2D eigenvalue weighted by Crippen LogP contribution is 2.17. The van der Waals surface area contributed by atoms with Crippen molar-refractivity contribution in [2.24, 2.45) is 0 Å². The maximum absolute atomic E-state index is 13.5. The number of thioether (sulfide) groups is 1. The standard InChI is InChI=1S/C13H19F2NOS/c1-10(16-5-8-18-7-2-6-17)12-9-11(14)3-4-13(12)15/h3-4,9-10,16-17H,2,5-8H2,1H3. The zero-order valence-electron chi connectivity index (χ0n) is 10.5. The Labute approximate surface area is 111 Å². The lowest BCUT2D eigenvalue weighted by molar-refractivity contribution is 0.296. The molecule has 0 radical (unpaired) electrons. The number of hydrogen-bond acceptors (Lipinski definition) is 3. The lowest BCUT2D eigenvalue weighted by Gasteiger charge is -2.15. The summed E-state index contributed by atoms with van der Waals surface area (Å²) in [5.74, 6) is 1.00. The molecule has 0 aromatic heterocycles. The quantitative estimate of drug-likeness (QED) is 0.716. The highest BCUT2D eigenvalue weighted by molar-refractivity contribution is 7.99. The molecule has 1 rings (SSSR count). The second-order valence-electron chi connectivity index (χ2n) is 4.03. The van der Waals surface area contributed by atoms with Gasteiger partial charge in [0, 0.05) is 30.5 Å². The van der Waals surface area contributed by atoms with Crippen molar-refractivity contribution in [1.29, 1.82) is 0 Å². The third kappa shape index (κ3) is 5.33. The number of hydrogen-bond donors (Lipinski definition) is 2. The summed E-state index contributed by atoms with van der Waals surface area (Å²) < 4.78 is 26.5. The minimum absolute atomic E-state index is 0.209. The molecule has 0 bridgehead atoms. The maximum atomic E-state index is 13.5. The first-order valence-corrected chi connectivity index (χ1v) is 7.17. The predicted molar refractivity (Wildman–Crippen MR) is 71.8 cm³/mol. The van der Waals surface area contributed by atoms with E-state index in [1.54, 1.807) is 11.8 Å². The van der Waals surface area contributed by atoms with Crippen LogP contribution in [0.4, 0.5) is 8.78 Å². The van der Waals surface area contributed by atoms with Crippen molar-refractivity contribution in [1.82, 2.24) is 5.32 Å². The van der Waals surface area contributed by atoms with Crippen LogP contribution in [-0.4, -0.2) is 29.8 Å². The molecule has 1 aromatic carbocycles. The highest BCUT2D eigenvalue weighted by atomic mass is 32.2. The van der Waals surface area contributed by atoms with Gasteiger partial charge in [-0.05, 0) is 37.3 Å². The fourth-order valence-electron chi connectivity index (χ4n) is 1.57. The summed E-state index contributed by atoms with van der Waals surface area (Å²) in [5.41, 5.74) is 0.357. The van der Waals surface area contributed by atoms with E-state index in [-0.39, 0.29) is 18.5 Å². The Morgan fingerprint density at radius 3 is 2.83 bits per heavy atom. The van der Waals surface area contributed by atoms with Gasteiger partial charge in [0.2, 0.25) is 0 Å². The second-order valence-corrected chi connectivity index (χ2v) is 5.26. The topological polar surface area (TPSA) is 32.3 Å². The zero-order valence-corrected chi connectivity index (χ0v) is 11.3. The molecule has 1 atom stereocenters. The van der Waals surface area contributed by atoms with Gasteiger partial charge in [0.15, 0.2) is 0 Å². The van der Waals surface area contributed by atoms with Crippen LogP contribution in [0.1, 0.15) is 24.9 Å². The third-order valence-corrected chi connectivity index (χ3v) is 3.64. The van der Waals surface area contributed by atoms with Gasteiger partial charge in [-0.2, -0.15) is 11.8 Å². The van der Waals surface area contributed by atoms with E-state index in [1.807, 2.05) is 6.92 Å². The lowest BCUT2D eigenvalue weighted by Crippen LogP contribution is -2.22. The fourth-order valence-corrected chi connectivity index (χ4v) is 2.37. The van der Waals surface area contributed by atoms with E-state index in [1.165, 1.54) is 6.07 Å². The van der Waals surface area contributed by atoms with Gasteiger partial charge < -0.3 is 10.4 Å². The predicted octanol–water partition coefficient (Wildman–Crippen LogP) is 2.73. The Kier molecular flexibility index (Phi) is 7.23. The minimum Gasteiger partial charge on any atom is -0.396 e. The maximum Gasteiger partial charge on any atom is 0.128 e. The number of aliphatic hydroxyl groups excluding tert-OH is 1. The Morgan fingerprint density at radius 1 is 1.33 bits per heavy atom. The van der Waals surface area contributed by atoms with Crippen LogP contribution in [-0.2, 0) is 0 Å². The van der Waals surface area contributed by atoms with Gasteiger partial charge in [-0.3, -0.25) is 0 Å². The summed E-state index contributed by atoms with van der Waals surface area (Å²) in [4.78, 5) is 0. The second kappa shape index (κ2) is 8.45. The van der Waals surface area contributed by atoms with Gasteiger partial charge in [0.25, 0.3) is 0 Å². The van der Waals surface area contributed by atoms with Crippen LogP contribution in [0.25, 0.3) is 0 Å². The molecule has 0 saturated carbocycles. The molecule has 0 aliphatic heterocycles. The highest BCUT2D eigenvalue weighted by Gasteiger charge is 2.10. The molecule has 18 heavy (non-hydrogen) atoms. The van der Waals surface area contributed by atoms with Crippen molar-refractivity contribution < 1.29 is 13.9 Å². The number of aliphatic hydroxyl groups is 1. The van der Waals surface area contributed by atoms with E-state index in [4.69, 9.17) is 5.11 Å². The van der Waals surface area contributed by atoms with Gasteiger partial charge in [0.1, 0.15) is 11.6 Å². The van der Waals surface area contributed by atoms with E-state index in [9.17, 15) is 8.78 Å². The number of benzene rings is 1. The molecule has 102 valence electrons. The molecular weight excluding hydrogens is 256 g/mol. The van der Waals surface area contributed by atoms with Crippen molar-refractivity contribution in [3.63, 3.8) is 0 Å². The Balaban J connectivity index is 2.31. The zero-order chi connectivity index (χ0) is 13.4. The van der Waals surface area contributed by atoms with Crippen LogP contribution in [0.2, 0.25) is 0 Å². The molecule has 1 aromatic rings. The largest absolute Gasteiger partial charge is 0.396 e. The smallest absolute Gasteiger partial charge is 0.128 e. The number of rotatable bonds is 8. The SMILES string of the molecule is CC(NCCSCCCO)c1cc(F)ccc1F. The molecule has 0 amide bonds. The van der Waals surface area contributed by atoms with E-state index < -0.39 is 5.82 Å². The molecule has 0 spiro atoms. The molecular formula is C13H19F2NOS. The van der Waals surface area contributed by atoms with Crippen LogP contribution in [0.3, 0.4) is 0 Å².